The van der Waals surface area contributed by atoms with Crippen molar-refractivity contribution in [1.82, 2.24) is 40.2 Å². The number of fused-ring (bicyclic) bond motifs is 2. The van der Waals surface area contributed by atoms with E-state index in [0.29, 0.717) is 64.6 Å². The van der Waals surface area contributed by atoms with Crippen LogP contribution >= 0.6 is 0 Å². The van der Waals surface area contributed by atoms with Crippen LogP contribution in [0.3, 0.4) is 0 Å². The lowest BCUT2D eigenvalue weighted by Crippen LogP contribution is -2.59. The third-order valence-electron chi connectivity index (χ3n) is 10.5. The first-order valence-corrected chi connectivity index (χ1v) is 17.1. The van der Waals surface area contributed by atoms with Gasteiger partial charge >= 0.3 is 6.03 Å². The van der Waals surface area contributed by atoms with Crippen molar-refractivity contribution >= 4 is 33.7 Å². The number of amides is 3. The van der Waals surface area contributed by atoms with E-state index in [9.17, 15) is 19.3 Å². The highest BCUT2D eigenvalue weighted by Crippen LogP contribution is 2.28. The minimum Gasteiger partial charge on any atom is -0.338 e. The summed E-state index contributed by atoms with van der Waals surface area (Å²) in [5.41, 5.74) is 4.47. The van der Waals surface area contributed by atoms with Crippen LogP contribution in [0, 0.1) is 11.8 Å². The Morgan fingerprint density at radius 1 is 0.938 bits per heavy atom. The van der Waals surface area contributed by atoms with Gasteiger partial charge in [-0.15, -0.1) is 4.91 Å². The fourth-order valence-corrected chi connectivity index (χ4v) is 7.79. The second-order valence-electron chi connectivity index (χ2n) is 13.5. The standard InChI is InChI=1S/C35H43N9O4/c1-23-18-24(19-27-22-36-39-32(23)27)20-31(34(46)42-16-14-41(15-17-42)28-8-12-44(40-48)13-9-28)38-35(47)43-10-6-25(7-11-43)29-21-26-4-2-3-5-30(26)37-33(29)45/h2-5,18-19,21-22,25,28,31H,6-17,20H2,1H3,(H,36,39)(H,37,45)(H,38,47)/t31-/m1/s1. The molecule has 3 N–H and O–H groups in total. The quantitative estimate of drug-likeness (QED) is 0.259. The van der Waals surface area contributed by atoms with E-state index < -0.39 is 6.04 Å². The van der Waals surface area contributed by atoms with E-state index in [2.05, 4.69) is 36.8 Å². The molecule has 2 aromatic heterocycles. The highest BCUT2D eigenvalue weighted by Gasteiger charge is 2.34. The molecule has 7 rings (SSSR count). The summed E-state index contributed by atoms with van der Waals surface area (Å²) in [6, 6.07) is 13.2. The molecule has 0 unspecified atom stereocenters. The minimum absolute atomic E-state index is 0.0581. The number of carbonyl (C=O) groups excluding carboxylic acids is 2. The predicted molar refractivity (Wildman–Crippen MR) is 184 cm³/mol. The Bertz CT molecular complexity index is 1850. The monoisotopic (exact) mass is 653 g/mol. The van der Waals surface area contributed by atoms with Crippen LogP contribution in [0.15, 0.2) is 58.7 Å². The lowest BCUT2D eigenvalue weighted by atomic mass is 9.89. The first-order chi connectivity index (χ1) is 23.4. The van der Waals surface area contributed by atoms with Crippen LogP contribution in [0.25, 0.3) is 21.8 Å². The number of H-pyrrole nitrogens is 2. The summed E-state index contributed by atoms with van der Waals surface area (Å²) in [4.78, 5) is 60.7. The molecule has 252 valence electrons. The van der Waals surface area contributed by atoms with Gasteiger partial charge in [0.25, 0.3) is 5.56 Å². The van der Waals surface area contributed by atoms with Crippen LogP contribution in [-0.2, 0) is 11.2 Å². The van der Waals surface area contributed by atoms with Crippen molar-refractivity contribution in [3.63, 3.8) is 0 Å². The summed E-state index contributed by atoms with van der Waals surface area (Å²) >= 11 is 0. The molecule has 3 fully saturated rings. The maximum Gasteiger partial charge on any atom is 0.318 e. The van der Waals surface area contributed by atoms with E-state index in [1.807, 2.05) is 48.2 Å². The van der Waals surface area contributed by atoms with Crippen molar-refractivity contribution in [1.29, 1.82) is 0 Å². The van der Waals surface area contributed by atoms with Gasteiger partial charge in [0.15, 0.2) is 0 Å². The zero-order chi connectivity index (χ0) is 33.2. The van der Waals surface area contributed by atoms with E-state index in [4.69, 9.17) is 0 Å². The van der Waals surface area contributed by atoms with Crippen LogP contribution in [-0.4, -0.2) is 111 Å². The van der Waals surface area contributed by atoms with Gasteiger partial charge in [0.05, 0.1) is 17.0 Å². The summed E-state index contributed by atoms with van der Waals surface area (Å²) < 4.78 is 0. The fraction of sp³-hybridized carbons (Fsp3) is 0.486. The average Bonchev–Trinajstić information content (AvgIpc) is 3.60. The number of piperazine rings is 1. The molecule has 0 spiro atoms. The van der Waals surface area contributed by atoms with Gasteiger partial charge in [-0.2, -0.15) is 5.10 Å². The van der Waals surface area contributed by atoms with Gasteiger partial charge in [-0.1, -0.05) is 24.3 Å². The molecule has 4 aromatic rings. The maximum absolute atomic E-state index is 14.1. The summed E-state index contributed by atoms with van der Waals surface area (Å²) in [5, 5.41) is 17.0. The van der Waals surface area contributed by atoms with Gasteiger partial charge in [-0.3, -0.25) is 24.6 Å². The Morgan fingerprint density at radius 3 is 2.44 bits per heavy atom. The van der Waals surface area contributed by atoms with Crippen LogP contribution in [0.1, 0.15) is 48.3 Å². The Labute approximate surface area is 278 Å². The van der Waals surface area contributed by atoms with E-state index in [-0.39, 0.29) is 23.4 Å². The smallest absolute Gasteiger partial charge is 0.318 e. The number of nitroso groups, excluding NO2 is 1. The number of aryl methyl sites for hydroxylation is 1. The number of nitrogens with zero attached hydrogens (tertiary/aromatic N) is 6. The molecule has 3 aliphatic heterocycles. The van der Waals surface area contributed by atoms with Crippen molar-refractivity contribution in [3.8, 4) is 0 Å². The average molecular weight is 654 g/mol. The lowest BCUT2D eigenvalue weighted by Gasteiger charge is -2.42. The zero-order valence-electron chi connectivity index (χ0n) is 27.4. The summed E-state index contributed by atoms with van der Waals surface area (Å²) in [7, 11) is 0. The molecule has 3 saturated heterocycles. The van der Waals surface area contributed by atoms with Gasteiger partial charge in [0.2, 0.25) is 5.91 Å². The molecule has 0 radical (unpaired) electrons. The second kappa shape index (κ2) is 13.8. The number of benzene rings is 2. The molecule has 0 saturated carbocycles. The summed E-state index contributed by atoms with van der Waals surface area (Å²) in [6.07, 6.45) is 5.27. The molecular weight excluding hydrogens is 610 g/mol. The van der Waals surface area contributed by atoms with Crippen molar-refractivity contribution in [2.24, 2.45) is 5.29 Å². The number of para-hydroxylation sites is 1. The van der Waals surface area contributed by atoms with Crippen LogP contribution in [0.2, 0.25) is 0 Å². The van der Waals surface area contributed by atoms with Crippen LogP contribution in [0.4, 0.5) is 4.79 Å². The molecule has 13 nitrogen and oxygen atoms in total. The van der Waals surface area contributed by atoms with Gasteiger partial charge in [0.1, 0.15) is 6.04 Å². The molecule has 0 aliphatic carbocycles. The first-order valence-electron chi connectivity index (χ1n) is 17.1. The maximum atomic E-state index is 14.1. The zero-order valence-corrected chi connectivity index (χ0v) is 27.4. The molecule has 5 heterocycles. The van der Waals surface area contributed by atoms with E-state index in [1.165, 1.54) is 0 Å². The topological polar surface area (TPSA) is 150 Å². The number of hydrogen-bond donors (Lipinski definition) is 3. The minimum atomic E-state index is -0.726. The summed E-state index contributed by atoms with van der Waals surface area (Å²) in [6.45, 7) is 7.03. The first kappa shape index (κ1) is 31.8. The molecular formula is C35H43N9O4. The fourth-order valence-electron chi connectivity index (χ4n) is 7.79. The van der Waals surface area contributed by atoms with E-state index in [0.717, 1.165) is 64.4 Å². The molecule has 2 aromatic carbocycles. The molecule has 3 aliphatic rings. The van der Waals surface area contributed by atoms with Crippen molar-refractivity contribution in [2.75, 3.05) is 52.4 Å². The Balaban J connectivity index is 1.02. The third kappa shape index (κ3) is 6.64. The Morgan fingerprint density at radius 2 is 1.69 bits per heavy atom. The van der Waals surface area contributed by atoms with E-state index >= 15 is 0 Å². The second-order valence-corrected chi connectivity index (χ2v) is 13.5. The van der Waals surface area contributed by atoms with E-state index in [1.54, 1.807) is 16.1 Å². The van der Waals surface area contributed by atoms with Crippen molar-refractivity contribution < 1.29 is 9.59 Å². The van der Waals surface area contributed by atoms with Crippen LogP contribution < -0.4 is 10.9 Å². The number of rotatable bonds is 7. The number of hydrogen-bond acceptors (Lipinski definition) is 7. The number of likely N-dealkylation sites (tertiary alicyclic amines) is 1. The van der Waals surface area contributed by atoms with Gasteiger partial charge in [0, 0.05) is 81.3 Å². The lowest BCUT2D eigenvalue weighted by molar-refractivity contribution is -0.135. The van der Waals surface area contributed by atoms with Gasteiger partial charge in [-0.05, 0) is 73.2 Å². The molecule has 0 bridgehead atoms. The van der Waals surface area contributed by atoms with Crippen molar-refractivity contribution in [3.05, 3.63) is 80.6 Å². The van der Waals surface area contributed by atoms with Crippen molar-refractivity contribution in [2.45, 2.75) is 57.0 Å². The highest BCUT2D eigenvalue weighted by molar-refractivity contribution is 5.88. The number of pyridine rings is 1. The molecule has 13 heteroatoms. The number of piperidine rings is 2. The summed E-state index contributed by atoms with van der Waals surface area (Å²) in [5.74, 6) is -0.0202. The normalized spacial score (nSPS) is 19.1. The van der Waals surface area contributed by atoms with Gasteiger partial charge in [-0.25, -0.2) is 4.79 Å². The third-order valence-corrected chi connectivity index (χ3v) is 10.5. The number of nitrogens with one attached hydrogen (secondary N) is 3. The largest absolute Gasteiger partial charge is 0.338 e. The number of aromatic nitrogens is 3. The highest BCUT2D eigenvalue weighted by atomic mass is 16.3. The number of aromatic amines is 2. The molecule has 1 atom stereocenters. The predicted octanol–water partition coefficient (Wildman–Crippen LogP) is 3.50. The molecule has 3 amide bonds. The Kier molecular flexibility index (Phi) is 9.11. The molecule has 48 heavy (non-hydrogen) atoms. The van der Waals surface area contributed by atoms with Crippen LogP contribution in [0.5, 0.6) is 0 Å². The number of carbonyl (C=O) groups is 2. The SMILES string of the molecule is Cc1cc(C[C@@H](NC(=O)N2CCC(c3cc4ccccc4[nH]c3=O)CC2)C(=O)N2CCN(C3CCN(N=O)CC3)CC2)cc2cn[nH]c12. The number of urea groups is 1. The Hall–Kier alpha value is -4.78. The van der Waals surface area contributed by atoms with Gasteiger partial charge < -0.3 is 20.1 Å².